The van der Waals surface area contributed by atoms with Gasteiger partial charge in [-0.2, -0.15) is 0 Å². The van der Waals surface area contributed by atoms with Gasteiger partial charge in [0, 0.05) is 17.6 Å². The maximum atomic E-state index is 10.4. The molecule has 1 aromatic rings. The lowest BCUT2D eigenvalue weighted by molar-refractivity contribution is -0.138. The van der Waals surface area contributed by atoms with E-state index in [2.05, 4.69) is 4.98 Å². The van der Waals surface area contributed by atoms with Crippen molar-refractivity contribution in [1.29, 1.82) is 0 Å². The van der Waals surface area contributed by atoms with Gasteiger partial charge in [-0.3, -0.25) is 14.7 Å². The number of likely N-dealkylation sites (N-methyl/N-ethyl adjacent to an activating group) is 1. The smallest absolute Gasteiger partial charge is 0.317 e. The zero-order valence-electron chi connectivity index (χ0n) is 7.43. The maximum absolute atomic E-state index is 10.4. The number of thiazole rings is 1. The van der Waals surface area contributed by atoms with Crippen LogP contribution in [0.4, 0.5) is 0 Å². The summed E-state index contributed by atoms with van der Waals surface area (Å²) >= 11 is 1.55. The predicted molar refractivity (Wildman–Crippen MR) is 50.7 cm³/mol. The topological polar surface area (TPSA) is 53.4 Å². The highest BCUT2D eigenvalue weighted by molar-refractivity contribution is 7.09. The summed E-state index contributed by atoms with van der Waals surface area (Å²) in [5.74, 6) is -0.786. The fourth-order valence-electron chi connectivity index (χ4n) is 1.01. The summed E-state index contributed by atoms with van der Waals surface area (Å²) in [6.45, 7) is 3.45. The zero-order valence-corrected chi connectivity index (χ0v) is 8.25. The van der Waals surface area contributed by atoms with Crippen LogP contribution in [0.15, 0.2) is 11.7 Å². The first-order chi connectivity index (χ1) is 6.22. The molecule has 0 aliphatic rings. The SMILES string of the molecule is CCN(CC(=O)O)Cc1cncs1. The van der Waals surface area contributed by atoms with Crippen LogP contribution < -0.4 is 0 Å². The van der Waals surface area contributed by atoms with E-state index < -0.39 is 5.97 Å². The second-order valence-corrected chi connectivity index (χ2v) is 3.64. The van der Waals surface area contributed by atoms with Crippen molar-refractivity contribution in [3.63, 3.8) is 0 Å². The summed E-state index contributed by atoms with van der Waals surface area (Å²) in [6.07, 6.45) is 1.77. The molecule has 0 aliphatic heterocycles. The molecule has 5 heteroatoms. The Morgan fingerprint density at radius 3 is 3.00 bits per heavy atom. The Morgan fingerprint density at radius 2 is 2.54 bits per heavy atom. The number of rotatable bonds is 5. The van der Waals surface area contributed by atoms with Crippen molar-refractivity contribution in [2.24, 2.45) is 0 Å². The molecule has 0 atom stereocenters. The molecule has 0 spiro atoms. The van der Waals surface area contributed by atoms with E-state index in [-0.39, 0.29) is 6.54 Å². The van der Waals surface area contributed by atoms with Crippen molar-refractivity contribution in [1.82, 2.24) is 9.88 Å². The molecular formula is C8H12N2O2S. The first-order valence-corrected chi connectivity index (χ1v) is 4.92. The van der Waals surface area contributed by atoms with Crippen molar-refractivity contribution < 1.29 is 9.90 Å². The van der Waals surface area contributed by atoms with Crippen LogP contribution in [-0.2, 0) is 11.3 Å². The van der Waals surface area contributed by atoms with Crippen molar-refractivity contribution >= 4 is 17.3 Å². The van der Waals surface area contributed by atoms with Crippen LogP contribution in [0.1, 0.15) is 11.8 Å². The lowest BCUT2D eigenvalue weighted by Gasteiger charge is -2.15. The summed E-state index contributed by atoms with van der Waals surface area (Å²) < 4.78 is 0. The molecule has 0 aliphatic carbocycles. The molecule has 0 bridgehead atoms. The number of hydrogen-bond acceptors (Lipinski definition) is 4. The largest absolute Gasteiger partial charge is 0.480 e. The van der Waals surface area contributed by atoms with Gasteiger partial charge >= 0.3 is 5.97 Å². The van der Waals surface area contributed by atoms with Gasteiger partial charge in [0.2, 0.25) is 0 Å². The second kappa shape index (κ2) is 4.94. The third-order valence-corrected chi connectivity index (χ3v) is 2.43. The number of aromatic nitrogens is 1. The fourth-order valence-corrected chi connectivity index (χ4v) is 1.65. The van der Waals surface area contributed by atoms with Gasteiger partial charge in [-0.1, -0.05) is 6.92 Å². The van der Waals surface area contributed by atoms with Gasteiger partial charge in [-0.15, -0.1) is 11.3 Å². The molecule has 0 aromatic carbocycles. The maximum Gasteiger partial charge on any atom is 0.317 e. The minimum absolute atomic E-state index is 0.0917. The number of aliphatic carboxylic acids is 1. The number of carbonyl (C=O) groups is 1. The van der Waals surface area contributed by atoms with Crippen LogP contribution in [0.2, 0.25) is 0 Å². The Bertz CT molecular complexity index is 261. The lowest BCUT2D eigenvalue weighted by Crippen LogP contribution is -2.28. The first kappa shape index (κ1) is 10.1. The average Bonchev–Trinajstić information content (AvgIpc) is 2.55. The van der Waals surface area contributed by atoms with E-state index in [9.17, 15) is 4.79 Å². The van der Waals surface area contributed by atoms with Crippen molar-refractivity contribution in [3.8, 4) is 0 Å². The summed E-state index contributed by atoms with van der Waals surface area (Å²) in [5.41, 5.74) is 1.75. The molecule has 0 saturated heterocycles. The van der Waals surface area contributed by atoms with Crippen LogP contribution in [-0.4, -0.2) is 34.0 Å². The standard InChI is InChI=1S/C8H12N2O2S/c1-2-10(5-8(11)12)4-7-3-9-6-13-7/h3,6H,2,4-5H2,1H3,(H,11,12). The quantitative estimate of drug-likeness (QED) is 0.772. The Kier molecular flexibility index (Phi) is 3.85. The van der Waals surface area contributed by atoms with Gasteiger partial charge in [0.25, 0.3) is 0 Å². The third-order valence-electron chi connectivity index (χ3n) is 1.67. The highest BCUT2D eigenvalue weighted by atomic mass is 32.1. The van der Waals surface area contributed by atoms with Crippen molar-refractivity contribution in [2.75, 3.05) is 13.1 Å². The monoisotopic (exact) mass is 200 g/mol. The number of carboxylic acids is 1. The molecule has 13 heavy (non-hydrogen) atoms. The summed E-state index contributed by atoms with van der Waals surface area (Å²) in [6, 6.07) is 0. The van der Waals surface area contributed by atoms with Gasteiger partial charge in [-0.25, -0.2) is 0 Å². The molecule has 0 saturated carbocycles. The fraction of sp³-hybridized carbons (Fsp3) is 0.500. The number of nitrogens with zero attached hydrogens (tertiary/aromatic N) is 2. The van der Waals surface area contributed by atoms with Crippen LogP contribution in [0.5, 0.6) is 0 Å². The van der Waals surface area contributed by atoms with Crippen LogP contribution in [0.25, 0.3) is 0 Å². The lowest BCUT2D eigenvalue weighted by atomic mass is 10.4. The second-order valence-electron chi connectivity index (χ2n) is 2.66. The van der Waals surface area contributed by atoms with E-state index in [0.29, 0.717) is 6.54 Å². The Hall–Kier alpha value is -0.940. The molecule has 0 radical (unpaired) electrons. The van der Waals surface area contributed by atoms with Crippen LogP contribution in [0, 0.1) is 0 Å². The molecule has 1 heterocycles. The van der Waals surface area contributed by atoms with E-state index in [0.717, 1.165) is 11.4 Å². The van der Waals surface area contributed by atoms with Crippen molar-refractivity contribution in [2.45, 2.75) is 13.5 Å². The van der Waals surface area contributed by atoms with Crippen LogP contribution in [0.3, 0.4) is 0 Å². The molecule has 1 N–H and O–H groups in total. The molecule has 4 nitrogen and oxygen atoms in total. The zero-order chi connectivity index (χ0) is 9.68. The van der Waals surface area contributed by atoms with Crippen LogP contribution >= 0.6 is 11.3 Å². The van der Waals surface area contributed by atoms with Gasteiger partial charge < -0.3 is 5.11 Å². The molecule has 1 aromatic heterocycles. The van der Waals surface area contributed by atoms with Crippen molar-refractivity contribution in [3.05, 3.63) is 16.6 Å². The minimum atomic E-state index is -0.786. The summed E-state index contributed by atoms with van der Waals surface area (Å²) in [7, 11) is 0. The molecule has 0 unspecified atom stereocenters. The van der Waals surface area contributed by atoms with Gasteiger partial charge in [0.1, 0.15) is 0 Å². The van der Waals surface area contributed by atoms with E-state index in [1.807, 2.05) is 11.8 Å². The molecular weight excluding hydrogens is 188 g/mol. The normalized spacial score (nSPS) is 10.6. The molecule has 0 fully saturated rings. The highest BCUT2D eigenvalue weighted by Crippen LogP contribution is 2.08. The molecule has 1 rings (SSSR count). The molecule has 0 amide bonds. The van der Waals surface area contributed by atoms with E-state index in [1.54, 1.807) is 23.0 Å². The third kappa shape index (κ3) is 3.52. The summed E-state index contributed by atoms with van der Waals surface area (Å²) in [5, 5.41) is 8.59. The molecule has 72 valence electrons. The van der Waals surface area contributed by atoms with E-state index in [1.165, 1.54) is 0 Å². The average molecular weight is 200 g/mol. The predicted octanol–water partition coefficient (Wildman–Crippen LogP) is 1.05. The van der Waals surface area contributed by atoms with Gasteiger partial charge in [0.15, 0.2) is 0 Å². The van der Waals surface area contributed by atoms with E-state index >= 15 is 0 Å². The number of carboxylic acid groups (broad SMARTS) is 1. The Morgan fingerprint density at radius 1 is 1.77 bits per heavy atom. The summed E-state index contributed by atoms with van der Waals surface area (Å²) in [4.78, 5) is 17.3. The Labute approximate surface area is 80.8 Å². The highest BCUT2D eigenvalue weighted by Gasteiger charge is 2.08. The Balaban J connectivity index is 2.45. The van der Waals surface area contributed by atoms with Gasteiger partial charge in [0.05, 0.1) is 12.1 Å². The minimum Gasteiger partial charge on any atom is -0.480 e. The van der Waals surface area contributed by atoms with E-state index in [4.69, 9.17) is 5.11 Å². The van der Waals surface area contributed by atoms with Gasteiger partial charge in [-0.05, 0) is 6.54 Å². The number of hydrogen-bond donors (Lipinski definition) is 1. The first-order valence-electron chi connectivity index (χ1n) is 4.04.